The van der Waals surface area contributed by atoms with Gasteiger partial charge in [0.2, 0.25) is 0 Å². The Morgan fingerprint density at radius 2 is 1.83 bits per heavy atom. The number of amides is 1. The molecule has 23 heavy (non-hydrogen) atoms. The molecular weight excluding hydrogens is 290 g/mol. The molecule has 3 unspecified atom stereocenters. The summed E-state index contributed by atoms with van der Waals surface area (Å²) in [6.45, 7) is 9.04. The van der Waals surface area contributed by atoms with Gasteiger partial charge in [0, 0.05) is 12.1 Å². The average Bonchev–Trinajstić information content (AvgIpc) is 2.69. The first-order valence-corrected chi connectivity index (χ1v) is 9.37. The van der Waals surface area contributed by atoms with Gasteiger partial charge < -0.3 is 20.7 Å². The zero-order chi connectivity index (χ0) is 16.7. The van der Waals surface area contributed by atoms with E-state index in [1.807, 2.05) is 20.8 Å². The summed E-state index contributed by atoms with van der Waals surface area (Å²) < 4.78 is 5.44. The monoisotopic (exact) mass is 325 g/mol. The minimum atomic E-state index is -0.439. The van der Waals surface area contributed by atoms with Crippen LogP contribution in [0.2, 0.25) is 0 Å². The Labute approximate surface area is 141 Å². The number of nitrogens with one attached hydrogen (secondary N) is 3. The standard InChI is InChI=1S/C18H35N3O2/c1-18(2,3)23-17(22)21-16-10-6-4-5-9-15(16)20-13-14-8-7-11-19-12-14/h14-16,19-20H,4-13H2,1-3H3,(H,21,22). The molecule has 2 rings (SSSR count). The lowest BCUT2D eigenvalue weighted by atomic mass is 9.97. The fraction of sp³-hybridized carbons (Fsp3) is 0.944. The summed E-state index contributed by atoms with van der Waals surface area (Å²) >= 11 is 0. The molecule has 0 aromatic rings. The lowest BCUT2D eigenvalue weighted by molar-refractivity contribution is 0.0489. The second-order valence-electron chi connectivity index (χ2n) is 8.12. The molecule has 2 aliphatic rings. The zero-order valence-corrected chi connectivity index (χ0v) is 15.1. The van der Waals surface area contributed by atoms with Crippen LogP contribution in [0, 0.1) is 5.92 Å². The summed E-state index contributed by atoms with van der Waals surface area (Å²) in [6.07, 6.45) is 8.16. The Bertz CT molecular complexity index is 362. The molecule has 1 saturated carbocycles. The molecule has 134 valence electrons. The maximum atomic E-state index is 12.1. The van der Waals surface area contributed by atoms with E-state index in [0.29, 0.717) is 12.0 Å². The molecule has 0 radical (unpaired) electrons. The number of ether oxygens (including phenoxy) is 1. The van der Waals surface area contributed by atoms with Crippen LogP contribution in [0.1, 0.15) is 65.7 Å². The van der Waals surface area contributed by atoms with E-state index in [2.05, 4.69) is 16.0 Å². The van der Waals surface area contributed by atoms with Crippen LogP contribution in [0.5, 0.6) is 0 Å². The molecule has 0 aromatic carbocycles. The van der Waals surface area contributed by atoms with Crippen molar-refractivity contribution in [2.75, 3.05) is 19.6 Å². The third-order valence-corrected chi connectivity index (χ3v) is 4.79. The van der Waals surface area contributed by atoms with Crippen molar-refractivity contribution in [2.45, 2.75) is 83.4 Å². The lowest BCUT2D eigenvalue weighted by Crippen LogP contribution is -2.52. The van der Waals surface area contributed by atoms with Gasteiger partial charge in [-0.3, -0.25) is 0 Å². The average molecular weight is 325 g/mol. The van der Waals surface area contributed by atoms with E-state index < -0.39 is 5.60 Å². The van der Waals surface area contributed by atoms with Crippen LogP contribution in [0.25, 0.3) is 0 Å². The molecule has 1 amide bonds. The topological polar surface area (TPSA) is 62.4 Å². The van der Waals surface area contributed by atoms with Crippen molar-refractivity contribution in [3.05, 3.63) is 0 Å². The van der Waals surface area contributed by atoms with E-state index in [0.717, 1.165) is 32.5 Å². The van der Waals surface area contributed by atoms with Crippen molar-refractivity contribution in [2.24, 2.45) is 5.92 Å². The van der Waals surface area contributed by atoms with E-state index >= 15 is 0 Å². The highest BCUT2D eigenvalue weighted by Gasteiger charge is 2.27. The number of hydrogen-bond donors (Lipinski definition) is 3. The van der Waals surface area contributed by atoms with Crippen molar-refractivity contribution < 1.29 is 9.53 Å². The largest absolute Gasteiger partial charge is 0.444 e. The highest BCUT2D eigenvalue weighted by Crippen LogP contribution is 2.20. The maximum absolute atomic E-state index is 12.1. The Kier molecular flexibility index (Phi) is 7.15. The Balaban J connectivity index is 1.84. The normalized spacial score (nSPS) is 29.6. The summed E-state index contributed by atoms with van der Waals surface area (Å²) in [5, 5.41) is 10.3. The fourth-order valence-corrected chi connectivity index (χ4v) is 3.60. The van der Waals surface area contributed by atoms with Crippen LogP contribution < -0.4 is 16.0 Å². The van der Waals surface area contributed by atoms with Crippen molar-refractivity contribution in [1.29, 1.82) is 0 Å². The molecular formula is C18H35N3O2. The fourth-order valence-electron chi connectivity index (χ4n) is 3.60. The number of piperidine rings is 1. The molecule has 0 spiro atoms. The third kappa shape index (κ3) is 7.08. The molecule has 1 aliphatic carbocycles. The van der Waals surface area contributed by atoms with Crippen molar-refractivity contribution in [3.63, 3.8) is 0 Å². The molecule has 1 aliphatic heterocycles. The third-order valence-electron chi connectivity index (χ3n) is 4.79. The first-order valence-electron chi connectivity index (χ1n) is 9.37. The summed E-state index contributed by atoms with van der Waals surface area (Å²) in [7, 11) is 0. The van der Waals surface area contributed by atoms with Crippen LogP contribution in [-0.2, 0) is 4.74 Å². The molecule has 1 heterocycles. The summed E-state index contributed by atoms with van der Waals surface area (Å²) in [4.78, 5) is 12.1. The first-order chi connectivity index (χ1) is 10.9. The number of carbonyl (C=O) groups excluding carboxylic acids is 1. The van der Waals surface area contributed by atoms with Gasteiger partial charge in [0.15, 0.2) is 0 Å². The Hall–Kier alpha value is -0.810. The number of alkyl carbamates (subject to hydrolysis) is 1. The summed E-state index contributed by atoms with van der Waals surface area (Å²) in [6, 6.07) is 0.552. The molecule has 5 nitrogen and oxygen atoms in total. The van der Waals surface area contributed by atoms with Crippen LogP contribution >= 0.6 is 0 Å². The molecule has 1 saturated heterocycles. The van der Waals surface area contributed by atoms with Crippen LogP contribution in [0.4, 0.5) is 4.79 Å². The van der Waals surface area contributed by atoms with E-state index in [4.69, 9.17) is 4.74 Å². The van der Waals surface area contributed by atoms with Crippen molar-refractivity contribution in [1.82, 2.24) is 16.0 Å². The van der Waals surface area contributed by atoms with Gasteiger partial charge in [0.25, 0.3) is 0 Å². The van der Waals surface area contributed by atoms with Gasteiger partial charge >= 0.3 is 6.09 Å². The SMILES string of the molecule is CC(C)(C)OC(=O)NC1CCCCCC1NCC1CCCNC1. The second kappa shape index (κ2) is 8.88. The summed E-state index contributed by atoms with van der Waals surface area (Å²) in [5.41, 5.74) is -0.439. The van der Waals surface area contributed by atoms with Gasteiger partial charge in [-0.15, -0.1) is 0 Å². The zero-order valence-electron chi connectivity index (χ0n) is 15.1. The van der Waals surface area contributed by atoms with Crippen LogP contribution in [0.3, 0.4) is 0 Å². The van der Waals surface area contributed by atoms with E-state index in [1.54, 1.807) is 0 Å². The Morgan fingerprint density at radius 1 is 1.09 bits per heavy atom. The highest BCUT2D eigenvalue weighted by atomic mass is 16.6. The van der Waals surface area contributed by atoms with Gasteiger partial charge in [-0.25, -0.2) is 4.79 Å². The number of rotatable bonds is 4. The van der Waals surface area contributed by atoms with Crippen LogP contribution in [-0.4, -0.2) is 43.4 Å². The predicted molar refractivity (Wildman–Crippen MR) is 93.6 cm³/mol. The molecule has 0 bridgehead atoms. The molecule has 2 fully saturated rings. The lowest BCUT2D eigenvalue weighted by Gasteiger charge is -2.31. The molecule has 0 aromatic heterocycles. The number of carbonyl (C=O) groups is 1. The quantitative estimate of drug-likeness (QED) is 0.696. The predicted octanol–water partition coefficient (Wildman–Crippen LogP) is 2.80. The second-order valence-corrected chi connectivity index (χ2v) is 8.12. The minimum Gasteiger partial charge on any atom is -0.444 e. The summed E-state index contributed by atoms with van der Waals surface area (Å²) in [5.74, 6) is 0.717. The number of hydrogen-bond acceptors (Lipinski definition) is 4. The van der Waals surface area contributed by atoms with Gasteiger partial charge in [0.1, 0.15) is 5.60 Å². The van der Waals surface area contributed by atoms with E-state index in [1.165, 1.54) is 32.1 Å². The van der Waals surface area contributed by atoms with E-state index in [-0.39, 0.29) is 12.1 Å². The van der Waals surface area contributed by atoms with Gasteiger partial charge in [0.05, 0.1) is 0 Å². The molecule has 3 atom stereocenters. The maximum Gasteiger partial charge on any atom is 0.407 e. The molecule has 3 N–H and O–H groups in total. The smallest absolute Gasteiger partial charge is 0.407 e. The van der Waals surface area contributed by atoms with Gasteiger partial charge in [-0.2, -0.15) is 0 Å². The first kappa shape index (κ1) is 18.5. The van der Waals surface area contributed by atoms with Crippen molar-refractivity contribution in [3.8, 4) is 0 Å². The highest BCUT2D eigenvalue weighted by molar-refractivity contribution is 5.68. The van der Waals surface area contributed by atoms with Crippen LogP contribution in [0.15, 0.2) is 0 Å². The van der Waals surface area contributed by atoms with Gasteiger partial charge in [-0.05, 0) is 72.0 Å². The van der Waals surface area contributed by atoms with Gasteiger partial charge in [-0.1, -0.05) is 19.3 Å². The molecule has 5 heteroatoms. The minimum absolute atomic E-state index is 0.184. The van der Waals surface area contributed by atoms with Crippen molar-refractivity contribution >= 4 is 6.09 Å². The van der Waals surface area contributed by atoms with E-state index in [9.17, 15) is 4.79 Å². The Morgan fingerprint density at radius 3 is 2.48 bits per heavy atom.